The van der Waals surface area contributed by atoms with E-state index in [1.54, 1.807) is 11.1 Å². The minimum absolute atomic E-state index is 0.0226. The van der Waals surface area contributed by atoms with E-state index in [4.69, 9.17) is 4.52 Å². The zero-order valence-corrected chi connectivity index (χ0v) is 14.7. The Hall–Kier alpha value is -3.22. The number of hydrogen-bond acceptors (Lipinski definition) is 6. The highest BCUT2D eigenvalue weighted by Gasteiger charge is 2.36. The van der Waals surface area contributed by atoms with E-state index in [0.717, 1.165) is 5.69 Å². The van der Waals surface area contributed by atoms with Gasteiger partial charge in [-0.05, 0) is 30.3 Å². The van der Waals surface area contributed by atoms with Gasteiger partial charge in [0.2, 0.25) is 11.7 Å². The Bertz CT molecular complexity index is 916. The molecule has 0 bridgehead atoms. The van der Waals surface area contributed by atoms with Gasteiger partial charge in [0.05, 0.1) is 5.92 Å². The summed E-state index contributed by atoms with van der Waals surface area (Å²) in [5.41, 5.74) is 2.37. The third-order valence-electron chi connectivity index (χ3n) is 4.46. The van der Waals surface area contributed by atoms with Crippen LogP contribution in [-0.4, -0.2) is 53.1 Å². The lowest BCUT2D eigenvalue weighted by molar-refractivity contribution is 0.0569. The Labute approximate surface area is 151 Å². The summed E-state index contributed by atoms with van der Waals surface area (Å²) >= 11 is 0. The molecule has 0 aliphatic carbocycles. The molecular weight excluding hydrogens is 330 g/mol. The molecule has 2 aromatic heterocycles. The number of benzene rings is 1. The molecule has 7 heteroatoms. The van der Waals surface area contributed by atoms with Gasteiger partial charge in [-0.1, -0.05) is 17.3 Å². The van der Waals surface area contributed by atoms with Gasteiger partial charge in [0.1, 0.15) is 5.69 Å². The summed E-state index contributed by atoms with van der Waals surface area (Å²) in [4.78, 5) is 25.0. The maximum Gasteiger partial charge on any atom is 0.253 e. The molecule has 132 valence electrons. The van der Waals surface area contributed by atoms with Gasteiger partial charge in [-0.3, -0.25) is 9.78 Å². The summed E-state index contributed by atoms with van der Waals surface area (Å²) < 4.78 is 5.36. The average molecular weight is 349 g/mol. The van der Waals surface area contributed by atoms with Crippen molar-refractivity contribution in [1.82, 2.24) is 20.0 Å². The van der Waals surface area contributed by atoms with E-state index in [0.29, 0.717) is 36.1 Å². The van der Waals surface area contributed by atoms with Gasteiger partial charge in [0, 0.05) is 44.6 Å². The maximum atomic E-state index is 12.6. The van der Waals surface area contributed by atoms with Crippen LogP contribution in [0.4, 0.5) is 5.69 Å². The van der Waals surface area contributed by atoms with Crippen LogP contribution in [0, 0.1) is 0 Å². The quantitative estimate of drug-likeness (QED) is 0.720. The van der Waals surface area contributed by atoms with Gasteiger partial charge in [0.25, 0.3) is 5.91 Å². The van der Waals surface area contributed by atoms with Gasteiger partial charge in [-0.15, -0.1) is 0 Å². The monoisotopic (exact) mass is 349 g/mol. The van der Waals surface area contributed by atoms with Gasteiger partial charge in [0.15, 0.2) is 0 Å². The molecule has 0 N–H and O–H groups in total. The molecule has 3 heterocycles. The molecule has 0 spiro atoms. The van der Waals surface area contributed by atoms with Crippen molar-refractivity contribution < 1.29 is 9.32 Å². The number of anilines is 1. The number of carbonyl (C=O) groups excluding carboxylic acids is 1. The summed E-state index contributed by atoms with van der Waals surface area (Å²) in [5, 5.41) is 3.99. The molecule has 0 radical (unpaired) electrons. The zero-order valence-electron chi connectivity index (χ0n) is 14.7. The van der Waals surface area contributed by atoms with Gasteiger partial charge >= 0.3 is 0 Å². The minimum Gasteiger partial charge on any atom is -0.378 e. The maximum absolute atomic E-state index is 12.6. The van der Waals surface area contributed by atoms with Crippen LogP contribution < -0.4 is 4.90 Å². The first-order valence-electron chi connectivity index (χ1n) is 8.43. The summed E-state index contributed by atoms with van der Waals surface area (Å²) in [6.07, 6.45) is 1.69. The van der Waals surface area contributed by atoms with Crippen molar-refractivity contribution in [2.24, 2.45) is 0 Å². The Morgan fingerprint density at radius 2 is 2.04 bits per heavy atom. The predicted molar refractivity (Wildman–Crippen MR) is 96.9 cm³/mol. The largest absolute Gasteiger partial charge is 0.378 e. The summed E-state index contributed by atoms with van der Waals surface area (Å²) in [6.45, 7) is 1.16. The van der Waals surface area contributed by atoms with Crippen LogP contribution in [0.15, 0.2) is 53.2 Å². The smallest absolute Gasteiger partial charge is 0.253 e. The SMILES string of the molecule is CN(C)c1cccc(C(=O)N2CC(c3nc(-c4ccccn4)no3)C2)c1. The third kappa shape index (κ3) is 3.03. The van der Waals surface area contributed by atoms with Gasteiger partial charge in [-0.25, -0.2) is 0 Å². The van der Waals surface area contributed by atoms with Crippen molar-refractivity contribution in [3.05, 3.63) is 60.1 Å². The lowest BCUT2D eigenvalue weighted by atomic mass is 9.98. The first-order chi connectivity index (χ1) is 12.6. The molecule has 3 aromatic rings. The molecule has 1 aromatic carbocycles. The van der Waals surface area contributed by atoms with Gasteiger partial charge < -0.3 is 14.3 Å². The Kier molecular flexibility index (Phi) is 4.12. The van der Waals surface area contributed by atoms with E-state index in [2.05, 4.69) is 15.1 Å². The minimum atomic E-state index is 0.0226. The number of rotatable bonds is 4. The van der Waals surface area contributed by atoms with Crippen molar-refractivity contribution in [1.29, 1.82) is 0 Å². The van der Waals surface area contributed by atoms with E-state index >= 15 is 0 Å². The number of aromatic nitrogens is 3. The van der Waals surface area contributed by atoms with Crippen molar-refractivity contribution in [2.75, 3.05) is 32.1 Å². The molecule has 1 fully saturated rings. The number of nitrogens with zero attached hydrogens (tertiary/aromatic N) is 5. The van der Waals surface area contributed by atoms with Crippen LogP contribution in [-0.2, 0) is 0 Å². The molecule has 0 atom stereocenters. The van der Waals surface area contributed by atoms with E-state index in [1.807, 2.05) is 61.5 Å². The Balaban J connectivity index is 1.42. The Morgan fingerprint density at radius 3 is 2.77 bits per heavy atom. The molecule has 4 rings (SSSR count). The first-order valence-corrected chi connectivity index (χ1v) is 8.43. The number of hydrogen-bond donors (Lipinski definition) is 0. The van der Waals surface area contributed by atoms with Crippen molar-refractivity contribution in [3.8, 4) is 11.5 Å². The second-order valence-electron chi connectivity index (χ2n) is 6.52. The molecular formula is C19H19N5O2. The van der Waals surface area contributed by atoms with Crippen molar-refractivity contribution >= 4 is 11.6 Å². The highest BCUT2D eigenvalue weighted by molar-refractivity contribution is 5.95. The second kappa shape index (κ2) is 6.59. The highest BCUT2D eigenvalue weighted by atomic mass is 16.5. The number of amides is 1. The fourth-order valence-electron chi connectivity index (χ4n) is 2.90. The molecule has 1 saturated heterocycles. The molecule has 1 aliphatic rings. The topological polar surface area (TPSA) is 75.4 Å². The second-order valence-corrected chi connectivity index (χ2v) is 6.52. The molecule has 0 unspecified atom stereocenters. The lowest BCUT2D eigenvalue weighted by Gasteiger charge is -2.37. The number of carbonyl (C=O) groups is 1. The fourth-order valence-corrected chi connectivity index (χ4v) is 2.90. The van der Waals surface area contributed by atoms with Crippen LogP contribution in [0.2, 0.25) is 0 Å². The van der Waals surface area contributed by atoms with E-state index in [-0.39, 0.29) is 11.8 Å². The molecule has 1 aliphatic heterocycles. The first kappa shape index (κ1) is 16.3. The average Bonchev–Trinajstić information content (AvgIpc) is 3.11. The number of likely N-dealkylation sites (tertiary alicyclic amines) is 1. The summed E-state index contributed by atoms with van der Waals surface area (Å²) in [6, 6.07) is 13.2. The molecule has 1 amide bonds. The normalized spacial score (nSPS) is 14.2. The molecule has 26 heavy (non-hydrogen) atoms. The van der Waals surface area contributed by atoms with Crippen LogP contribution in [0.3, 0.4) is 0 Å². The molecule has 0 saturated carbocycles. The van der Waals surface area contributed by atoms with Crippen molar-refractivity contribution in [2.45, 2.75) is 5.92 Å². The summed E-state index contributed by atoms with van der Waals surface area (Å²) in [5.74, 6) is 1.12. The van der Waals surface area contributed by atoms with Crippen molar-refractivity contribution in [3.63, 3.8) is 0 Å². The molecule has 7 nitrogen and oxygen atoms in total. The predicted octanol–water partition coefficient (Wildman–Crippen LogP) is 2.44. The Morgan fingerprint density at radius 1 is 1.19 bits per heavy atom. The van der Waals surface area contributed by atoms with E-state index < -0.39 is 0 Å². The van der Waals surface area contributed by atoms with Gasteiger partial charge in [-0.2, -0.15) is 4.98 Å². The van der Waals surface area contributed by atoms with Crippen LogP contribution in [0.1, 0.15) is 22.2 Å². The summed E-state index contributed by atoms with van der Waals surface area (Å²) in [7, 11) is 3.91. The fraction of sp³-hybridized carbons (Fsp3) is 0.263. The number of pyridine rings is 1. The zero-order chi connectivity index (χ0) is 18.1. The van der Waals surface area contributed by atoms with E-state index in [9.17, 15) is 4.79 Å². The van der Waals surface area contributed by atoms with Crippen LogP contribution in [0.5, 0.6) is 0 Å². The van der Waals surface area contributed by atoms with Crippen LogP contribution >= 0.6 is 0 Å². The van der Waals surface area contributed by atoms with Crippen LogP contribution in [0.25, 0.3) is 11.5 Å². The standard InChI is InChI=1S/C19H19N5O2/c1-23(2)15-7-5-6-13(10-15)19(25)24-11-14(12-24)18-21-17(22-26-18)16-8-3-4-9-20-16/h3-10,14H,11-12H2,1-2H3. The van der Waals surface area contributed by atoms with E-state index in [1.165, 1.54) is 0 Å². The third-order valence-corrected chi connectivity index (χ3v) is 4.46. The highest BCUT2D eigenvalue weighted by Crippen LogP contribution is 2.29. The lowest BCUT2D eigenvalue weighted by Crippen LogP contribution is -2.48.